The van der Waals surface area contributed by atoms with Crippen molar-refractivity contribution in [2.45, 2.75) is 19.0 Å². The largest absolute Gasteiger partial charge is 0.416 e. The molecule has 1 heterocycles. The summed E-state index contributed by atoms with van der Waals surface area (Å²) >= 11 is 0. The van der Waals surface area contributed by atoms with Crippen LogP contribution in [0.4, 0.5) is 13.2 Å². The molecule has 0 aliphatic carbocycles. The SMILES string of the molecule is CNCCN(C)C1=C(c2ccccc2)C(c2cccc(C(F)(F)F)c2)=NC(c2ccccc2)=CCC1. The van der Waals surface area contributed by atoms with Gasteiger partial charge in [-0.15, -0.1) is 0 Å². The van der Waals surface area contributed by atoms with Crippen molar-refractivity contribution in [3.63, 3.8) is 0 Å². The molecule has 0 bridgehead atoms. The number of hydrogen-bond acceptors (Lipinski definition) is 3. The smallest absolute Gasteiger partial charge is 0.376 e. The molecule has 0 atom stereocenters. The standard InChI is InChI=1S/C30H30F3N3/c1-34-19-20-36(2)27-18-10-17-26(22-11-5-3-6-12-22)35-29(28(27)23-13-7-4-8-14-23)24-15-9-16-25(21-24)30(31,32)33/h3-9,11-17,21,34H,10,18-20H2,1-2H3. The van der Waals surface area contributed by atoms with E-state index < -0.39 is 11.7 Å². The van der Waals surface area contributed by atoms with Crippen LogP contribution < -0.4 is 5.32 Å². The van der Waals surface area contributed by atoms with Crippen molar-refractivity contribution in [3.05, 3.63) is 119 Å². The number of nitrogens with one attached hydrogen (secondary N) is 1. The highest BCUT2D eigenvalue weighted by molar-refractivity contribution is 6.33. The molecule has 6 heteroatoms. The van der Waals surface area contributed by atoms with Gasteiger partial charge in [0.1, 0.15) is 0 Å². The Morgan fingerprint density at radius 2 is 1.50 bits per heavy atom. The number of benzene rings is 3. The molecule has 3 nitrogen and oxygen atoms in total. The molecule has 36 heavy (non-hydrogen) atoms. The highest BCUT2D eigenvalue weighted by Gasteiger charge is 2.31. The van der Waals surface area contributed by atoms with E-state index in [1.165, 1.54) is 12.1 Å². The highest BCUT2D eigenvalue weighted by atomic mass is 19.4. The van der Waals surface area contributed by atoms with E-state index in [1.807, 2.05) is 74.8 Å². The number of likely N-dealkylation sites (N-methyl/N-ethyl adjacent to an activating group) is 2. The second kappa shape index (κ2) is 11.4. The lowest BCUT2D eigenvalue weighted by Crippen LogP contribution is -2.29. The number of alkyl halides is 3. The Morgan fingerprint density at radius 1 is 0.861 bits per heavy atom. The van der Waals surface area contributed by atoms with E-state index in [4.69, 9.17) is 4.99 Å². The van der Waals surface area contributed by atoms with Crippen molar-refractivity contribution in [3.8, 4) is 0 Å². The summed E-state index contributed by atoms with van der Waals surface area (Å²) < 4.78 is 41.1. The molecule has 3 aromatic rings. The Balaban J connectivity index is 2.00. The predicted molar refractivity (Wildman–Crippen MR) is 142 cm³/mol. The van der Waals surface area contributed by atoms with Crippen LogP contribution in [0.1, 0.15) is 35.1 Å². The zero-order valence-electron chi connectivity index (χ0n) is 20.5. The summed E-state index contributed by atoms with van der Waals surface area (Å²) in [5.41, 5.74) is 4.81. The van der Waals surface area contributed by atoms with Gasteiger partial charge < -0.3 is 10.2 Å². The van der Waals surface area contributed by atoms with Gasteiger partial charge in [-0.2, -0.15) is 13.2 Å². The zero-order valence-corrected chi connectivity index (χ0v) is 20.5. The number of rotatable bonds is 7. The maximum atomic E-state index is 13.7. The lowest BCUT2D eigenvalue weighted by atomic mass is 9.90. The number of aliphatic imine (C=N–C) groups is 1. The van der Waals surface area contributed by atoms with Crippen molar-refractivity contribution >= 4 is 17.0 Å². The monoisotopic (exact) mass is 489 g/mol. The van der Waals surface area contributed by atoms with Gasteiger partial charge in [-0.1, -0.05) is 78.9 Å². The maximum Gasteiger partial charge on any atom is 0.416 e. The molecule has 0 spiro atoms. The topological polar surface area (TPSA) is 27.6 Å². The number of nitrogens with zero attached hydrogens (tertiary/aromatic N) is 2. The molecule has 0 fully saturated rings. The second-order valence-corrected chi connectivity index (χ2v) is 8.75. The van der Waals surface area contributed by atoms with E-state index in [1.54, 1.807) is 6.07 Å². The first-order valence-electron chi connectivity index (χ1n) is 12.0. The lowest BCUT2D eigenvalue weighted by molar-refractivity contribution is -0.137. The minimum Gasteiger partial charge on any atom is -0.376 e. The van der Waals surface area contributed by atoms with Gasteiger partial charge in [-0.25, -0.2) is 4.99 Å². The summed E-state index contributed by atoms with van der Waals surface area (Å²) in [6.07, 6.45) is -0.867. The molecule has 0 radical (unpaired) electrons. The molecule has 186 valence electrons. The highest BCUT2D eigenvalue weighted by Crippen LogP contribution is 2.35. The molecule has 0 aromatic heterocycles. The van der Waals surface area contributed by atoms with Crippen LogP contribution in [0.3, 0.4) is 0 Å². The third-order valence-corrected chi connectivity index (χ3v) is 6.23. The van der Waals surface area contributed by atoms with Crippen LogP contribution in [-0.4, -0.2) is 37.8 Å². The summed E-state index contributed by atoms with van der Waals surface area (Å²) in [5.74, 6) is 0. The van der Waals surface area contributed by atoms with Crippen LogP contribution in [-0.2, 0) is 6.18 Å². The van der Waals surface area contributed by atoms with Gasteiger partial charge in [-0.05, 0) is 43.1 Å². The maximum absolute atomic E-state index is 13.7. The Kier molecular flexibility index (Phi) is 8.06. The Hall–Kier alpha value is -3.64. The van der Waals surface area contributed by atoms with Crippen LogP contribution in [0.2, 0.25) is 0 Å². The minimum atomic E-state index is -4.45. The third-order valence-electron chi connectivity index (χ3n) is 6.23. The summed E-state index contributed by atoms with van der Waals surface area (Å²) in [6.45, 7) is 1.54. The van der Waals surface area contributed by atoms with Gasteiger partial charge in [0.15, 0.2) is 0 Å². The molecule has 0 unspecified atom stereocenters. The molecule has 1 aliphatic heterocycles. The molecule has 0 saturated carbocycles. The molecular weight excluding hydrogens is 459 g/mol. The Morgan fingerprint density at radius 3 is 2.14 bits per heavy atom. The predicted octanol–water partition coefficient (Wildman–Crippen LogP) is 6.89. The van der Waals surface area contributed by atoms with Gasteiger partial charge in [-0.3, -0.25) is 0 Å². The van der Waals surface area contributed by atoms with Crippen molar-refractivity contribution in [2.75, 3.05) is 27.2 Å². The average Bonchev–Trinajstić information content (AvgIpc) is 2.88. The molecular formula is C30H30F3N3. The fourth-order valence-electron chi connectivity index (χ4n) is 4.38. The van der Waals surface area contributed by atoms with Crippen molar-refractivity contribution in [2.24, 2.45) is 4.99 Å². The quantitative estimate of drug-likeness (QED) is 0.391. The van der Waals surface area contributed by atoms with E-state index >= 15 is 0 Å². The Bertz CT molecular complexity index is 1260. The average molecular weight is 490 g/mol. The molecule has 0 saturated heterocycles. The molecule has 3 aromatic carbocycles. The van der Waals surface area contributed by atoms with E-state index in [0.717, 1.165) is 60.1 Å². The second-order valence-electron chi connectivity index (χ2n) is 8.75. The summed E-state index contributed by atoms with van der Waals surface area (Å²) in [5, 5.41) is 3.18. The van der Waals surface area contributed by atoms with Crippen molar-refractivity contribution in [1.29, 1.82) is 0 Å². The first-order valence-corrected chi connectivity index (χ1v) is 12.0. The Labute approximate surface area is 210 Å². The van der Waals surface area contributed by atoms with E-state index in [-0.39, 0.29) is 0 Å². The van der Waals surface area contributed by atoms with Gasteiger partial charge in [0, 0.05) is 37.0 Å². The van der Waals surface area contributed by atoms with Crippen molar-refractivity contribution < 1.29 is 13.2 Å². The number of halogens is 3. The molecule has 4 rings (SSSR count). The summed E-state index contributed by atoms with van der Waals surface area (Å²) in [4.78, 5) is 7.26. The zero-order chi connectivity index (χ0) is 25.5. The first-order chi connectivity index (χ1) is 17.4. The van der Waals surface area contributed by atoms with Gasteiger partial charge in [0.2, 0.25) is 0 Å². The number of hydrogen-bond donors (Lipinski definition) is 1. The first kappa shape index (κ1) is 25.5. The number of allylic oxidation sites excluding steroid dienone is 3. The van der Waals surface area contributed by atoms with Crippen LogP contribution >= 0.6 is 0 Å². The summed E-state index contributed by atoms with van der Waals surface area (Å²) in [7, 11) is 3.94. The normalized spacial score (nSPS) is 14.6. The van der Waals surface area contributed by atoms with Gasteiger partial charge in [0.05, 0.1) is 17.0 Å². The van der Waals surface area contributed by atoms with E-state index in [2.05, 4.69) is 16.3 Å². The van der Waals surface area contributed by atoms with E-state index in [0.29, 0.717) is 11.3 Å². The van der Waals surface area contributed by atoms with Crippen LogP contribution in [0.5, 0.6) is 0 Å². The van der Waals surface area contributed by atoms with E-state index in [9.17, 15) is 13.2 Å². The van der Waals surface area contributed by atoms with Crippen molar-refractivity contribution in [1.82, 2.24) is 10.2 Å². The molecule has 1 aliphatic rings. The summed E-state index contributed by atoms with van der Waals surface area (Å²) in [6, 6.07) is 25.1. The molecule has 1 N–H and O–H groups in total. The van der Waals surface area contributed by atoms with Gasteiger partial charge >= 0.3 is 6.18 Å². The van der Waals surface area contributed by atoms with Crippen LogP contribution in [0.25, 0.3) is 11.3 Å². The minimum absolute atomic E-state index is 0.437. The fourth-order valence-corrected chi connectivity index (χ4v) is 4.38. The van der Waals surface area contributed by atoms with Gasteiger partial charge in [0.25, 0.3) is 0 Å². The fraction of sp³-hybridized carbons (Fsp3) is 0.233. The third kappa shape index (κ3) is 5.94. The van der Waals surface area contributed by atoms with Crippen LogP contribution in [0.15, 0.2) is 102 Å². The molecule has 0 amide bonds. The lowest BCUT2D eigenvalue weighted by Gasteiger charge is -2.29. The van der Waals surface area contributed by atoms with Crippen LogP contribution in [0, 0.1) is 0 Å².